The number of phenolic OH excluding ortho intramolecular Hbond substituents is 1. The van der Waals surface area contributed by atoms with Crippen molar-refractivity contribution < 1.29 is 14.2 Å². The van der Waals surface area contributed by atoms with E-state index in [-0.39, 0.29) is 17.6 Å². The van der Waals surface area contributed by atoms with Gasteiger partial charge in [0.05, 0.1) is 6.61 Å². The Labute approximate surface area is 197 Å². The lowest BCUT2D eigenvalue weighted by Gasteiger charge is -2.31. The second-order valence-electron chi connectivity index (χ2n) is 7.20. The summed E-state index contributed by atoms with van der Waals surface area (Å²) < 4.78 is 22.0. The van der Waals surface area contributed by atoms with E-state index < -0.39 is 6.17 Å². The highest BCUT2D eigenvalue weighted by molar-refractivity contribution is 9.10. The van der Waals surface area contributed by atoms with Crippen LogP contribution in [0.15, 0.2) is 74.6 Å². The van der Waals surface area contributed by atoms with E-state index in [1.54, 1.807) is 18.2 Å². The van der Waals surface area contributed by atoms with Crippen molar-refractivity contribution >= 4 is 37.6 Å². The Morgan fingerprint density at radius 1 is 1.06 bits per heavy atom. The Hall–Kier alpha value is -2.22. The van der Waals surface area contributed by atoms with Gasteiger partial charge in [-0.3, -0.25) is 10.3 Å². The lowest BCUT2D eigenvalue weighted by molar-refractivity contribution is 0.313. The number of benzene rings is 3. The molecule has 160 valence electrons. The number of rotatable bonds is 5. The standard InChI is InChI=1S/C24H21Br2FN2O2/c1-2-31-22-8-4-7-17(23(22)30)21-13-20(14-5-3-6-15(25)11-14)28-24(29-21)18-12-16(26)9-10-19(18)27/h3-12,21,24,29-30H,2,13H2,1H3/t21-,24-/m1/s1. The van der Waals surface area contributed by atoms with Gasteiger partial charge in [-0.05, 0) is 48.9 Å². The molecule has 1 aliphatic heterocycles. The number of aliphatic imine (C=N–C) groups is 1. The maximum Gasteiger partial charge on any atom is 0.162 e. The SMILES string of the molecule is CCOc1cccc([C@H]2CC(c3cccc(Br)c3)=N[C@@H](c3cc(Br)ccc3F)N2)c1O. The molecule has 1 aliphatic rings. The van der Waals surface area contributed by atoms with Gasteiger partial charge in [0.1, 0.15) is 12.0 Å². The molecule has 2 N–H and O–H groups in total. The van der Waals surface area contributed by atoms with E-state index in [0.717, 1.165) is 20.2 Å². The third-order valence-electron chi connectivity index (χ3n) is 5.16. The van der Waals surface area contributed by atoms with Crippen molar-refractivity contribution in [1.82, 2.24) is 5.32 Å². The van der Waals surface area contributed by atoms with Crippen molar-refractivity contribution in [3.63, 3.8) is 0 Å². The predicted molar refractivity (Wildman–Crippen MR) is 127 cm³/mol. The number of nitrogens with one attached hydrogen (secondary N) is 1. The van der Waals surface area contributed by atoms with Gasteiger partial charge in [0.25, 0.3) is 0 Å². The summed E-state index contributed by atoms with van der Waals surface area (Å²) in [5, 5.41) is 14.2. The smallest absolute Gasteiger partial charge is 0.162 e. The summed E-state index contributed by atoms with van der Waals surface area (Å²) in [6.07, 6.45) is -0.0773. The Morgan fingerprint density at radius 3 is 2.61 bits per heavy atom. The molecule has 3 aromatic rings. The molecule has 0 saturated heterocycles. The number of hydrogen-bond donors (Lipinski definition) is 2. The first-order valence-corrected chi connectivity index (χ1v) is 11.5. The van der Waals surface area contributed by atoms with Crippen LogP contribution < -0.4 is 10.1 Å². The first kappa shape index (κ1) is 22.0. The molecular formula is C24H21Br2FN2O2. The zero-order chi connectivity index (χ0) is 22.0. The molecule has 4 rings (SSSR count). The largest absolute Gasteiger partial charge is 0.504 e. The molecule has 0 spiro atoms. The summed E-state index contributed by atoms with van der Waals surface area (Å²) in [5.41, 5.74) is 2.90. The minimum atomic E-state index is -0.611. The third kappa shape index (κ3) is 4.84. The Morgan fingerprint density at radius 2 is 1.84 bits per heavy atom. The van der Waals surface area contributed by atoms with Gasteiger partial charge in [0.2, 0.25) is 0 Å². The molecule has 0 fully saturated rings. The fraction of sp³-hybridized carbons (Fsp3) is 0.208. The maximum atomic E-state index is 14.7. The molecule has 2 atom stereocenters. The summed E-state index contributed by atoms with van der Waals surface area (Å²) in [6, 6.07) is 17.8. The van der Waals surface area contributed by atoms with Gasteiger partial charge >= 0.3 is 0 Å². The fourth-order valence-corrected chi connectivity index (χ4v) is 4.50. The normalized spacial score (nSPS) is 18.5. The first-order valence-electron chi connectivity index (χ1n) is 9.94. The summed E-state index contributed by atoms with van der Waals surface area (Å²) in [4.78, 5) is 4.84. The number of hydrogen-bond acceptors (Lipinski definition) is 4. The number of para-hydroxylation sites is 1. The van der Waals surface area contributed by atoms with Crippen LogP contribution in [0.25, 0.3) is 0 Å². The van der Waals surface area contributed by atoms with E-state index in [2.05, 4.69) is 37.2 Å². The van der Waals surface area contributed by atoms with E-state index in [9.17, 15) is 9.50 Å². The quantitative estimate of drug-likeness (QED) is 0.374. The van der Waals surface area contributed by atoms with Gasteiger partial charge in [-0.2, -0.15) is 0 Å². The predicted octanol–water partition coefficient (Wildman–Crippen LogP) is 6.68. The Kier molecular flexibility index (Phi) is 6.74. The van der Waals surface area contributed by atoms with Crippen molar-refractivity contribution in [3.8, 4) is 11.5 Å². The average molecular weight is 548 g/mol. The average Bonchev–Trinajstić information content (AvgIpc) is 2.77. The molecule has 0 aromatic heterocycles. The van der Waals surface area contributed by atoms with Crippen LogP contribution in [0.2, 0.25) is 0 Å². The van der Waals surface area contributed by atoms with Crippen molar-refractivity contribution in [2.45, 2.75) is 25.6 Å². The molecule has 1 heterocycles. The van der Waals surface area contributed by atoms with Crippen molar-refractivity contribution in [1.29, 1.82) is 0 Å². The lowest BCUT2D eigenvalue weighted by Crippen LogP contribution is -2.33. The number of phenols is 1. The molecule has 7 heteroatoms. The molecule has 0 bridgehead atoms. The van der Waals surface area contributed by atoms with Crippen LogP contribution in [-0.4, -0.2) is 17.4 Å². The summed E-state index contributed by atoms with van der Waals surface area (Å²) in [7, 11) is 0. The Bertz CT molecular complexity index is 1140. The van der Waals surface area contributed by atoms with Crippen molar-refractivity contribution in [2.24, 2.45) is 4.99 Å². The summed E-state index contributed by atoms with van der Waals surface area (Å²) in [5.74, 6) is 0.176. The van der Waals surface area contributed by atoms with Gasteiger partial charge in [-0.15, -0.1) is 0 Å². The number of halogens is 3. The van der Waals surface area contributed by atoms with E-state index in [1.165, 1.54) is 6.07 Å². The van der Waals surface area contributed by atoms with E-state index in [0.29, 0.717) is 29.9 Å². The second kappa shape index (κ2) is 9.51. The third-order valence-corrected chi connectivity index (χ3v) is 6.14. The number of nitrogens with zero attached hydrogens (tertiary/aromatic N) is 1. The highest BCUT2D eigenvalue weighted by atomic mass is 79.9. The lowest BCUT2D eigenvalue weighted by atomic mass is 9.93. The maximum absolute atomic E-state index is 14.7. The highest BCUT2D eigenvalue weighted by Crippen LogP contribution is 2.39. The van der Waals surface area contributed by atoms with Gasteiger partial charge in [0, 0.05) is 38.2 Å². The van der Waals surface area contributed by atoms with Crippen LogP contribution in [0, 0.1) is 5.82 Å². The fourth-order valence-electron chi connectivity index (χ4n) is 3.72. The van der Waals surface area contributed by atoms with E-state index in [1.807, 2.05) is 43.3 Å². The van der Waals surface area contributed by atoms with Gasteiger partial charge in [-0.25, -0.2) is 4.39 Å². The first-order chi connectivity index (χ1) is 15.0. The molecular weight excluding hydrogens is 527 g/mol. The van der Waals surface area contributed by atoms with Crippen molar-refractivity contribution in [3.05, 3.63) is 92.1 Å². The van der Waals surface area contributed by atoms with Gasteiger partial charge in [0.15, 0.2) is 11.5 Å². The molecule has 4 nitrogen and oxygen atoms in total. The molecule has 0 radical (unpaired) electrons. The van der Waals surface area contributed by atoms with E-state index >= 15 is 0 Å². The molecule has 0 saturated carbocycles. The molecule has 0 amide bonds. The summed E-state index contributed by atoms with van der Waals surface area (Å²) >= 11 is 6.94. The van der Waals surface area contributed by atoms with Crippen LogP contribution in [-0.2, 0) is 0 Å². The number of ether oxygens (including phenoxy) is 1. The molecule has 0 unspecified atom stereocenters. The van der Waals surface area contributed by atoms with Gasteiger partial charge < -0.3 is 9.84 Å². The zero-order valence-corrected chi connectivity index (χ0v) is 20.0. The van der Waals surface area contributed by atoms with Gasteiger partial charge in [-0.1, -0.05) is 56.1 Å². The van der Waals surface area contributed by atoms with E-state index in [4.69, 9.17) is 9.73 Å². The highest BCUT2D eigenvalue weighted by Gasteiger charge is 2.30. The van der Waals surface area contributed by atoms with Crippen molar-refractivity contribution in [2.75, 3.05) is 6.61 Å². The zero-order valence-electron chi connectivity index (χ0n) is 16.8. The second-order valence-corrected chi connectivity index (χ2v) is 9.04. The minimum Gasteiger partial charge on any atom is -0.504 e. The summed E-state index contributed by atoms with van der Waals surface area (Å²) in [6.45, 7) is 2.32. The number of aromatic hydroxyl groups is 1. The topological polar surface area (TPSA) is 53.8 Å². The molecule has 31 heavy (non-hydrogen) atoms. The Balaban J connectivity index is 1.80. The molecule has 3 aromatic carbocycles. The monoisotopic (exact) mass is 546 g/mol. The van der Waals surface area contributed by atoms with Crippen LogP contribution in [0.5, 0.6) is 11.5 Å². The van der Waals surface area contributed by atoms with Crippen LogP contribution in [0.3, 0.4) is 0 Å². The van der Waals surface area contributed by atoms with Crippen LogP contribution >= 0.6 is 31.9 Å². The molecule has 0 aliphatic carbocycles. The van der Waals surface area contributed by atoms with Crippen LogP contribution in [0.1, 0.15) is 42.2 Å². The van der Waals surface area contributed by atoms with Crippen LogP contribution in [0.4, 0.5) is 4.39 Å². The minimum absolute atomic E-state index is 0.0887.